The topological polar surface area (TPSA) is 68.2 Å². The molecule has 0 saturated carbocycles. The van der Waals surface area contributed by atoms with E-state index in [9.17, 15) is 9.90 Å². The normalized spacial score (nSPS) is 15.0. The third-order valence-electron chi connectivity index (χ3n) is 3.37. The molecular weight excluding hydrogens is 310 g/mol. The average Bonchev–Trinajstić information content (AvgIpc) is 2.53. The Hall–Kier alpha value is -1.50. The Morgan fingerprint density at radius 1 is 1.36 bits per heavy atom. The van der Waals surface area contributed by atoms with Crippen LogP contribution in [0.4, 0.5) is 0 Å². The highest BCUT2D eigenvalue weighted by molar-refractivity contribution is 5.90. The predicted molar refractivity (Wildman–Crippen MR) is 84.1 cm³/mol. The minimum absolute atomic E-state index is 0. The van der Waals surface area contributed by atoms with E-state index in [2.05, 4.69) is 4.90 Å². The summed E-state index contributed by atoms with van der Waals surface area (Å²) in [5, 5.41) is 9.48. The number of esters is 1. The summed E-state index contributed by atoms with van der Waals surface area (Å²) in [4.78, 5) is 14.2. The van der Waals surface area contributed by atoms with Gasteiger partial charge in [-0.05, 0) is 24.6 Å². The first-order valence-corrected chi connectivity index (χ1v) is 7.05. The number of phenolic OH excluding ortho intramolecular Hbond substituents is 1. The predicted octanol–water partition coefficient (Wildman–Crippen LogP) is 1.70. The van der Waals surface area contributed by atoms with Crippen LogP contribution in [0.3, 0.4) is 0 Å². The highest BCUT2D eigenvalue weighted by Gasteiger charge is 2.12. The number of carbonyl (C=O) groups is 1. The summed E-state index contributed by atoms with van der Waals surface area (Å²) in [5.74, 6) is -0.144. The summed E-state index contributed by atoms with van der Waals surface area (Å²) < 4.78 is 15.5. The maximum Gasteiger partial charge on any atom is 0.338 e. The fourth-order valence-corrected chi connectivity index (χ4v) is 2.17. The van der Waals surface area contributed by atoms with Gasteiger partial charge in [-0.25, -0.2) is 4.79 Å². The summed E-state index contributed by atoms with van der Waals surface area (Å²) in [6.07, 6.45) is 0.793. The van der Waals surface area contributed by atoms with E-state index >= 15 is 0 Å². The SMILES string of the molecule is COc1cc(C(=O)OCCCN2CCOCC2)ccc1O.Cl. The van der Waals surface area contributed by atoms with Crippen molar-refractivity contribution in [2.24, 2.45) is 0 Å². The number of methoxy groups -OCH3 is 1. The van der Waals surface area contributed by atoms with Crippen LogP contribution < -0.4 is 4.74 Å². The molecule has 1 aromatic carbocycles. The molecule has 0 aromatic heterocycles. The number of hydrogen-bond donors (Lipinski definition) is 1. The summed E-state index contributed by atoms with van der Waals surface area (Å²) in [6, 6.07) is 4.41. The number of phenols is 1. The van der Waals surface area contributed by atoms with Crippen LogP contribution in [0.25, 0.3) is 0 Å². The lowest BCUT2D eigenvalue weighted by atomic mass is 10.2. The highest BCUT2D eigenvalue weighted by atomic mass is 35.5. The van der Waals surface area contributed by atoms with Gasteiger partial charge in [-0.1, -0.05) is 0 Å². The average molecular weight is 332 g/mol. The van der Waals surface area contributed by atoms with E-state index < -0.39 is 5.97 Å². The van der Waals surface area contributed by atoms with Gasteiger partial charge in [0.2, 0.25) is 0 Å². The first-order chi connectivity index (χ1) is 10.2. The number of nitrogens with zero attached hydrogens (tertiary/aromatic N) is 1. The molecule has 0 amide bonds. The molecule has 0 spiro atoms. The number of carbonyl (C=O) groups excluding carboxylic acids is 1. The highest BCUT2D eigenvalue weighted by Crippen LogP contribution is 2.26. The zero-order chi connectivity index (χ0) is 15.1. The van der Waals surface area contributed by atoms with E-state index in [-0.39, 0.29) is 23.9 Å². The zero-order valence-electron chi connectivity index (χ0n) is 12.6. The van der Waals surface area contributed by atoms with Gasteiger partial charge < -0.3 is 19.3 Å². The van der Waals surface area contributed by atoms with Crippen molar-refractivity contribution in [2.45, 2.75) is 6.42 Å². The second-order valence-electron chi connectivity index (χ2n) is 4.83. The van der Waals surface area contributed by atoms with Gasteiger partial charge in [-0.15, -0.1) is 12.4 Å². The fourth-order valence-electron chi connectivity index (χ4n) is 2.17. The van der Waals surface area contributed by atoms with E-state index in [4.69, 9.17) is 14.2 Å². The van der Waals surface area contributed by atoms with Crippen LogP contribution in [0.5, 0.6) is 11.5 Å². The van der Waals surface area contributed by atoms with Crippen molar-refractivity contribution in [2.75, 3.05) is 46.6 Å². The Labute approximate surface area is 136 Å². The maximum absolute atomic E-state index is 11.9. The molecule has 0 unspecified atom stereocenters. The van der Waals surface area contributed by atoms with E-state index in [1.807, 2.05) is 0 Å². The van der Waals surface area contributed by atoms with E-state index in [0.29, 0.717) is 12.2 Å². The Morgan fingerprint density at radius 2 is 2.09 bits per heavy atom. The van der Waals surface area contributed by atoms with Crippen LogP contribution in [-0.2, 0) is 9.47 Å². The molecule has 1 aliphatic rings. The van der Waals surface area contributed by atoms with Crippen LogP contribution in [0.1, 0.15) is 16.8 Å². The molecule has 1 fully saturated rings. The molecule has 0 radical (unpaired) electrons. The number of morpholine rings is 1. The molecule has 7 heteroatoms. The fraction of sp³-hybridized carbons (Fsp3) is 0.533. The van der Waals surface area contributed by atoms with Crippen LogP contribution >= 0.6 is 12.4 Å². The molecule has 22 heavy (non-hydrogen) atoms. The Bertz CT molecular complexity index is 477. The van der Waals surface area contributed by atoms with Crippen LogP contribution in [0, 0.1) is 0 Å². The largest absolute Gasteiger partial charge is 0.504 e. The van der Waals surface area contributed by atoms with Gasteiger partial charge in [0.05, 0.1) is 32.5 Å². The third kappa shape index (κ3) is 5.36. The van der Waals surface area contributed by atoms with Gasteiger partial charge in [0.1, 0.15) is 0 Å². The van der Waals surface area contributed by atoms with Gasteiger partial charge in [-0.2, -0.15) is 0 Å². The van der Waals surface area contributed by atoms with Crippen molar-refractivity contribution >= 4 is 18.4 Å². The maximum atomic E-state index is 11.9. The second-order valence-corrected chi connectivity index (χ2v) is 4.83. The van der Waals surface area contributed by atoms with Gasteiger partial charge in [0, 0.05) is 19.6 Å². The molecule has 0 bridgehead atoms. The number of rotatable bonds is 6. The summed E-state index contributed by atoms with van der Waals surface area (Å²) in [6.45, 7) is 4.68. The van der Waals surface area contributed by atoms with E-state index in [0.717, 1.165) is 39.3 Å². The number of aromatic hydroxyl groups is 1. The lowest BCUT2D eigenvalue weighted by molar-refractivity contribution is 0.0298. The molecule has 0 aliphatic carbocycles. The van der Waals surface area contributed by atoms with Gasteiger partial charge in [-0.3, -0.25) is 4.90 Å². The molecule has 1 aliphatic heterocycles. The van der Waals surface area contributed by atoms with Crippen molar-refractivity contribution in [3.63, 3.8) is 0 Å². The first kappa shape index (κ1) is 18.5. The standard InChI is InChI=1S/C15H21NO5.ClH/c1-19-14-11-12(3-4-13(14)17)15(18)21-8-2-5-16-6-9-20-10-7-16;/h3-4,11,17H,2,5-10H2,1H3;1H. The quantitative estimate of drug-likeness (QED) is 0.632. The Morgan fingerprint density at radius 3 is 2.77 bits per heavy atom. The summed E-state index contributed by atoms with van der Waals surface area (Å²) in [5.41, 5.74) is 0.371. The monoisotopic (exact) mass is 331 g/mol. The van der Waals surface area contributed by atoms with Crippen molar-refractivity contribution < 1.29 is 24.1 Å². The molecule has 1 heterocycles. The lowest BCUT2D eigenvalue weighted by Crippen LogP contribution is -2.37. The molecule has 2 rings (SSSR count). The number of ether oxygens (including phenoxy) is 3. The number of hydrogen-bond acceptors (Lipinski definition) is 6. The van der Waals surface area contributed by atoms with Crippen molar-refractivity contribution in [1.29, 1.82) is 0 Å². The van der Waals surface area contributed by atoms with E-state index in [1.54, 1.807) is 0 Å². The van der Waals surface area contributed by atoms with Gasteiger partial charge in [0.25, 0.3) is 0 Å². The summed E-state index contributed by atoms with van der Waals surface area (Å²) >= 11 is 0. The molecule has 1 aromatic rings. The van der Waals surface area contributed by atoms with Crippen molar-refractivity contribution in [3.05, 3.63) is 23.8 Å². The third-order valence-corrected chi connectivity index (χ3v) is 3.37. The summed E-state index contributed by atoms with van der Waals surface area (Å²) in [7, 11) is 1.44. The molecule has 1 saturated heterocycles. The Balaban J connectivity index is 0.00000242. The van der Waals surface area contributed by atoms with Crippen LogP contribution in [0.15, 0.2) is 18.2 Å². The molecule has 0 atom stereocenters. The van der Waals surface area contributed by atoms with Crippen LogP contribution in [0.2, 0.25) is 0 Å². The molecule has 1 N–H and O–H groups in total. The number of halogens is 1. The smallest absolute Gasteiger partial charge is 0.338 e. The van der Waals surface area contributed by atoms with Gasteiger partial charge in [0.15, 0.2) is 11.5 Å². The van der Waals surface area contributed by atoms with Gasteiger partial charge >= 0.3 is 5.97 Å². The minimum atomic E-state index is -0.407. The number of benzene rings is 1. The Kier molecular flexibility index (Phi) is 8.01. The molecule has 6 nitrogen and oxygen atoms in total. The second kappa shape index (κ2) is 9.50. The lowest BCUT2D eigenvalue weighted by Gasteiger charge is -2.26. The zero-order valence-corrected chi connectivity index (χ0v) is 13.4. The van der Waals surface area contributed by atoms with Crippen molar-refractivity contribution in [3.8, 4) is 11.5 Å². The van der Waals surface area contributed by atoms with Crippen molar-refractivity contribution in [1.82, 2.24) is 4.90 Å². The van der Waals surface area contributed by atoms with Crippen LogP contribution in [-0.4, -0.2) is 62.5 Å². The molecule has 124 valence electrons. The molecular formula is C15H22ClNO5. The minimum Gasteiger partial charge on any atom is -0.504 e. The first-order valence-electron chi connectivity index (χ1n) is 7.05. The van der Waals surface area contributed by atoms with E-state index in [1.165, 1.54) is 25.3 Å².